The largest absolute Gasteiger partial charge is 0.465 e. The standard InChI is InChI=1S/C10H11N3O2/c1-13-8-4-3-6(10(14)15-2)5-7(8)9(11)12-13/h3-5H,1-2H3,(H2,11,12). The molecule has 1 aromatic carbocycles. The molecule has 2 aromatic rings. The van der Waals surface area contributed by atoms with Crippen LogP contribution in [0.5, 0.6) is 0 Å². The second-order valence-corrected chi connectivity index (χ2v) is 3.23. The highest BCUT2D eigenvalue weighted by atomic mass is 16.5. The molecule has 15 heavy (non-hydrogen) atoms. The first-order chi connectivity index (χ1) is 7.13. The Hall–Kier alpha value is -2.04. The van der Waals surface area contributed by atoms with Gasteiger partial charge in [0.15, 0.2) is 5.82 Å². The third-order valence-corrected chi connectivity index (χ3v) is 2.30. The summed E-state index contributed by atoms with van der Waals surface area (Å²) < 4.78 is 6.30. The van der Waals surface area contributed by atoms with E-state index in [0.717, 1.165) is 10.9 Å². The van der Waals surface area contributed by atoms with Crippen LogP contribution in [0.4, 0.5) is 5.82 Å². The molecule has 0 saturated carbocycles. The Labute approximate surface area is 86.4 Å². The number of nitrogens with zero attached hydrogens (tertiary/aromatic N) is 2. The number of nitrogen functional groups attached to an aromatic ring is 1. The lowest BCUT2D eigenvalue weighted by Crippen LogP contribution is -2.00. The maximum atomic E-state index is 11.3. The fourth-order valence-electron chi connectivity index (χ4n) is 1.54. The van der Waals surface area contributed by atoms with E-state index in [2.05, 4.69) is 9.84 Å². The van der Waals surface area contributed by atoms with Gasteiger partial charge in [0.25, 0.3) is 0 Å². The Morgan fingerprint density at radius 1 is 1.53 bits per heavy atom. The van der Waals surface area contributed by atoms with Crippen molar-refractivity contribution < 1.29 is 9.53 Å². The highest BCUT2D eigenvalue weighted by Crippen LogP contribution is 2.21. The van der Waals surface area contributed by atoms with Gasteiger partial charge in [0.2, 0.25) is 0 Å². The van der Waals surface area contributed by atoms with Gasteiger partial charge in [-0.25, -0.2) is 4.79 Å². The van der Waals surface area contributed by atoms with E-state index in [0.29, 0.717) is 11.4 Å². The lowest BCUT2D eigenvalue weighted by atomic mass is 10.1. The van der Waals surface area contributed by atoms with Crippen molar-refractivity contribution in [3.8, 4) is 0 Å². The SMILES string of the molecule is COC(=O)c1ccc2c(c1)c(N)nn2C. The van der Waals surface area contributed by atoms with Gasteiger partial charge >= 0.3 is 5.97 Å². The average Bonchev–Trinajstić information content (AvgIpc) is 2.53. The molecule has 5 nitrogen and oxygen atoms in total. The molecule has 0 aliphatic carbocycles. The molecule has 0 bridgehead atoms. The second kappa shape index (κ2) is 3.27. The number of aryl methyl sites for hydroxylation is 1. The molecule has 0 unspecified atom stereocenters. The molecule has 2 N–H and O–H groups in total. The first kappa shape index (κ1) is 9.51. The number of esters is 1. The molecule has 5 heteroatoms. The lowest BCUT2D eigenvalue weighted by molar-refractivity contribution is 0.0601. The van der Waals surface area contributed by atoms with Gasteiger partial charge in [0.1, 0.15) is 0 Å². The van der Waals surface area contributed by atoms with Gasteiger partial charge < -0.3 is 10.5 Å². The van der Waals surface area contributed by atoms with E-state index >= 15 is 0 Å². The van der Waals surface area contributed by atoms with Crippen molar-refractivity contribution in [3.05, 3.63) is 23.8 Å². The van der Waals surface area contributed by atoms with Crippen molar-refractivity contribution in [2.24, 2.45) is 7.05 Å². The lowest BCUT2D eigenvalue weighted by Gasteiger charge is -1.99. The summed E-state index contributed by atoms with van der Waals surface area (Å²) in [5.74, 6) is 0.0402. The van der Waals surface area contributed by atoms with Crippen LogP contribution in [0.3, 0.4) is 0 Å². The molecule has 0 amide bonds. The zero-order valence-electron chi connectivity index (χ0n) is 8.52. The molecule has 0 atom stereocenters. The van der Waals surface area contributed by atoms with Crippen LogP contribution in [-0.4, -0.2) is 22.9 Å². The number of anilines is 1. The molecule has 0 aliphatic heterocycles. The summed E-state index contributed by atoms with van der Waals surface area (Å²) in [5.41, 5.74) is 7.07. The molecule has 2 rings (SSSR count). The van der Waals surface area contributed by atoms with Crippen LogP contribution >= 0.6 is 0 Å². The minimum atomic E-state index is -0.375. The fourth-order valence-corrected chi connectivity index (χ4v) is 1.54. The number of hydrogen-bond donors (Lipinski definition) is 1. The van der Waals surface area contributed by atoms with Crippen LogP contribution in [0.15, 0.2) is 18.2 Å². The minimum absolute atomic E-state index is 0.375. The van der Waals surface area contributed by atoms with Crippen molar-refractivity contribution >= 4 is 22.7 Å². The highest BCUT2D eigenvalue weighted by Gasteiger charge is 2.10. The molecule has 0 fully saturated rings. The van der Waals surface area contributed by atoms with Gasteiger partial charge in [-0.15, -0.1) is 0 Å². The van der Waals surface area contributed by atoms with E-state index in [1.54, 1.807) is 29.9 Å². The van der Waals surface area contributed by atoms with Gasteiger partial charge in [0.05, 0.1) is 18.2 Å². The van der Waals surface area contributed by atoms with Crippen molar-refractivity contribution in [2.75, 3.05) is 12.8 Å². The summed E-state index contributed by atoms with van der Waals surface area (Å²) >= 11 is 0. The van der Waals surface area contributed by atoms with E-state index in [4.69, 9.17) is 5.73 Å². The topological polar surface area (TPSA) is 70.1 Å². The number of hydrogen-bond acceptors (Lipinski definition) is 4. The normalized spacial score (nSPS) is 10.5. The summed E-state index contributed by atoms with van der Waals surface area (Å²) in [7, 11) is 3.15. The maximum Gasteiger partial charge on any atom is 0.337 e. The Morgan fingerprint density at radius 2 is 2.27 bits per heavy atom. The van der Waals surface area contributed by atoms with E-state index in [1.807, 2.05) is 0 Å². The number of nitrogens with two attached hydrogens (primary N) is 1. The third kappa shape index (κ3) is 1.41. The Balaban J connectivity index is 2.65. The number of methoxy groups -OCH3 is 1. The Bertz CT molecular complexity index is 531. The summed E-state index contributed by atoms with van der Waals surface area (Å²) in [6.07, 6.45) is 0. The summed E-state index contributed by atoms with van der Waals surface area (Å²) in [6.45, 7) is 0. The maximum absolute atomic E-state index is 11.3. The zero-order chi connectivity index (χ0) is 11.0. The fraction of sp³-hybridized carbons (Fsp3) is 0.200. The van der Waals surface area contributed by atoms with E-state index in [-0.39, 0.29) is 5.97 Å². The highest BCUT2D eigenvalue weighted by molar-refractivity contribution is 5.97. The Morgan fingerprint density at radius 3 is 2.93 bits per heavy atom. The molecule has 0 saturated heterocycles. The van der Waals surface area contributed by atoms with Crippen LogP contribution < -0.4 is 5.73 Å². The van der Waals surface area contributed by atoms with Crippen LogP contribution in [-0.2, 0) is 11.8 Å². The zero-order valence-corrected chi connectivity index (χ0v) is 8.52. The van der Waals surface area contributed by atoms with Gasteiger partial charge in [-0.2, -0.15) is 5.10 Å². The van der Waals surface area contributed by atoms with Gasteiger partial charge in [-0.05, 0) is 18.2 Å². The third-order valence-electron chi connectivity index (χ3n) is 2.30. The first-order valence-corrected chi connectivity index (χ1v) is 4.44. The number of ether oxygens (including phenoxy) is 1. The number of aromatic nitrogens is 2. The molecule has 0 aliphatic rings. The van der Waals surface area contributed by atoms with Gasteiger partial charge in [-0.1, -0.05) is 0 Å². The van der Waals surface area contributed by atoms with Crippen molar-refractivity contribution in [1.82, 2.24) is 9.78 Å². The number of rotatable bonds is 1. The van der Waals surface area contributed by atoms with Crippen molar-refractivity contribution in [3.63, 3.8) is 0 Å². The molecular weight excluding hydrogens is 194 g/mol. The van der Waals surface area contributed by atoms with Crippen LogP contribution in [0.25, 0.3) is 10.9 Å². The summed E-state index contributed by atoms with van der Waals surface area (Å²) in [4.78, 5) is 11.3. The van der Waals surface area contributed by atoms with Crippen molar-refractivity contribution in [1.29, 1.82) is 0 Å². The minimum Gasteiger partial charge on any atom is -0.465 e. The predicted molar refractivity (Wildman–Crippen MR) is 56.5 cm³/mol. The number of benzene rings is 1. The monoisotopic (exact) mass is 205 g/mol. The van der Waals surface area contributed by atoms with Gasteiger partial charge in [-0.3, -0.25) is 4.68 Å². The van der Waals surface area contributed by atoms with E-state index in [1.165, 1.54) is 7.11 Å². The molecule has 0 radical (unpaired) electrons. The Kier molecular flexibility index (Phi) is 2.07. The van der Waals surface area contributed by atoms with E-state index in [9.17, 15) is 4.79 Å². The quantitative estimate of drug-likeness (QED) is 0.703. The average molecular weight is 205 g/mol. The van der Waals surface area contributed by atoms with Gasteiger partial charge in [0, 0.05) is 12.4 Å². The van der Waals surface area contributed by atoms with Crippen LogP contribution in [0.2, 0.25) is 0 Å². The molecule has 78 valence electrons. The number of fused-ring (bicyclic) bond motifs is 1. The molecule has 0 spiro atoms. The van der Waals surface area contributed by atoms with Crippen molar-refractivity contribution in [2.45, 2.75) is 0 Å². The summed E-state index contributed by atoms with van der Waals surface area (Å²) in [6, 6.07) is 5.17. The van der Waals surface area contributed by atoms with Crippen LogP contribution in [0.1, 0.15) is 10.4 Å². The molecule has 1 aromatic heterocycles. The number of carbonyl (C=O) groups excluding carboxylic acids is 1. The predicted octanol–water partition coefficient (Wildman–Crippen LogP) is 0.942. The number of carbonyl (C=O) groups is 1. The summed E-state index contributed by atoms with van der Waals surface area (Å²) in [5, 5.41) is 4.82. The van der Waals surface area contributed by atoms with E-state index < -0.39 is 0 Å². The second-order valence-electron chi connectivity index (χ2n) is 3.23. The molecular formula is C10H11N3O2. The van der Waals surface area contributed by atoms with Crippen LogP contribution in [0, 0.1) is 0 Å². The molecule has 1 heterocycles. The smallest absolute Gasteiger partial charge is 0.337 e. The first-order valence-electron chi connectivity index (χ1n) is 4.44.